The van der Waals surface area contributed by atoms with Gasteiger partial charge >= 0.3 is 6.18 Å². The number of hydrogen-bond acceptors (Lipinski definition) is 6. The van der Waals surface area contributed by atoms with E-state index in [4.69, 9.17) is 23.2 Å². The second-order valence-electron chi connectivity index (χ2n) is 12.0. The van der Waals surface area contributed by atoms with Gasteiger partial charge in [-0.05, 0) is 93.8 Å². The van der Waals surface area contributed by atoms with Gasteiger partial charge in [-0.2, -0.15) is 18.3 Å². The Morgan fingerprint density at radius 2 is 1.68 bits per heavy atom. The smallest absolute Gasteiger partial charge is 0.306 e. The lowest BCUT2D eigenvalue weighted by molar-refractivity contribution is -0.137. The van der Waals surface area contributed by atoms with Crippen molar-refractivity contribution in [2.24, 2.45) is 0 Å². The van der Waals surface area contributed by atoms with Crippen LogP contribution < -0.4 is 5.32 Å². The fourth-order valence-corrected chi connectivity index (χ4v) is 6.68. The van der Waals surface area contributed by atoms with Crippen molar-refractivity contribution >= 4 is 40.7 Å². The highest BCUT2D eigenvalue weighted by Gasteiger charge is 2.33. The highest BCUT2D eigenvalue weighted by molar-refractivity contribution is 6.31. The van der Waals surface area contributed by atoms with Crippen molar-refractivity contribution in [2.75, 3.05) is 31.5 Å². The molecule has 2 aromatic carbocycles. The molecule has 4 aromatic rings. The zero-order chi connectivity index (χ0) is 33.1. The molecule has 1 amide bonds. The van der Waals surface area contributed by atoms with Crippen LogP contribution in [0.1, 0.15) is 69.5 Å². The van der Waals surface area contributed by atoms with Crippen molar-refractivity contribution in [2.45, 2.75) is 50.9 Å². The lowest BCUT2D eigenvalue weighted by atomic mass is 9.99. The second kappa shape index (κ2) is 14.1. The largest absolute Gasteiger partial charge is 0.417 e. The summed E-state index contributed by atoms with van der Waals surface area (Å²) in [5, 5.41) is 6.51. The number of nitrogens with one attached hydrogen (secondary N) is 1. The van der Waals surface area contributed by atoms with Gasteiger partial charge in [0.1, 0.15) is 5.82 Å². The number of amides is 1. The molecule has 2 aliphatic rings. The van der Waals surface area contributed by atoms with E-state index in [1.165, 1.54) is 63.1 Å². The number of carbonyl (C=O) groups excluding carboxylic acids is 2. The first-order valence-electron chi connectivity index (χ1n) is 15.5. The summed E-state index contributed by atoms with van der Waals surface area (Å²) in [5.74, 6) is -1.03. The van der Waals surface area contributed by atoms with Gasteiger partial charge in [0.15, 0.2) is 5.78 Å². The van der Waals surface area contributed by atoms with Gasteiger partial charge in [-0.1, -0.05) is 41.8 Å². The van der Waals surface area contributed by atoms with E-state index in [1.807, 2.05) is 18.2 Å². The van der Waals surface area contributed by atoms with Crippen molar-refractivity contribution in [1.29, 1.82) is 0 Å². The fourth-order valence-electron chi connectivity index (χ4n) is 6.30. The minimum Gasteiger partial charge on any atom is -0.306 e. The molecule has 0 atom stereocenters. The van der Waals surface area contributed by atoms with E-state index in [9.17, 15) is 22.8 Å². The number of aromatic nitrogens is 3. The van der Waals surface area contributed by atoms with E-state index >= 15 is 0 Å². The quantitative estimate of drug-likeness (QED) is 0.193. The maximum atomic E-state index is 13.5. The topological polar surface area (TPSA) is 83.4 Å². The SMILES string of the molecule is O=C(Nc1ncc(Cl)cc1C(=O)c1cnn(-c2ccc(Cl)c(C(F)(F)F)c2)c1)c1cccc(CN2CCC(N3CCCCC3)CC2)c1. The molecular weight excluding hydrogens is 652 g/mol. The van der Waals surface area contributed by atoms with Crippen molar-refractivity contribution in [1.82, 2.24) is 24.6 Å². The van der Waals surface area contributed by atoms with Gasteiger partial charge in [0.05, 0.1) is 38.6 Å². The van der Waals surface area contributed by atoms with Crippen LogP contribution in [0.3, 0.4) is 0 Å². The van der Waals surface area contributed by atoms with Gasteiger partial charge in [0.2, 0.25) is 0 Å². The third-order valence-corrected chi connectivity index (χ3v) is 9.29. The number of anilines is 1. The van der Waals surface area contributed by atoms with E-state index in [-0.39, 0.29) is 27.7 Å². The summed E-state index contributed by atoms with van der Waals surface area (Å²) in [6.07, 6.45) is 5.36. The Hall–Kier alpha value is -3.77. The zero-order valence-corrected chi connectivity index (χ0v) is 27.0. The molecule has 2 saturated heterocycles. The number of piperidine rings is 2. The molecule has 13 heteroatoms. The molecule has 4 heterocycles. The third kappa shape index (κ3) is 7.86. The number of likely N-dealkylation sites (tertiary alicyclic amines) is 2. The number of ketones is 1. The normalized spacial score (nSPS) is 16.7. The summed E-state index contributed by atoms with van der Waals surface area (Å²) in [5.41, 5.74) is 0.523. The number of pyridine rings is 1. The minimum absolute atomic E-state index is 0.00483. The Balaban J connectivity index is 1.13. The van der Waals surface area contributed by atoms with Crippen molar-refractivity contribution in [3.63, 3.8) is 0 Å². The Labute approximate surface area is 280 Å². The van der Waals surface area contributed by atoms with Crippen LogP contribution in [0.4, 0.5) is 19.0 Å². The van der Waals surface area contributed by atoms with Gasteiger partial charge in [-0.25, -0.2) is 9.67 Å². The van der Waals surface area contributed by atoms with Crippen LogP contribution >= 0.6 is 23.2 Å². The third-order valence-electron chi connectivity index (χ3n) is 8.76. The van der Waals surface area contributed by atoms with Crippen molar-refractivity contribution < 1.29 is 22.8 Å². The molecule has 0 saturated carbocycles. The Bertz CT molecular complexity index is 1760. The highest BCUT2D eigenvalue weighted by Crippen LogP contribution is 2.36. The first kappa shape index (κ1) is 33.1. The van der Waals surface area contributed by atoms with Gasteiger partial charge in [-0.3, -0.25) is 14.5 Å². The number of hydrogen-bond donors (Lipinski definition) is 1. The van der Waals surface area contributed by atoms with Gasteiger partial charge in [0, 0.05) is 30.5 Å². The van der Waals surface area contributed by atoms with E-state index in [0.29, 0.717) is 11.6 Å². The summed E-state index contributed by atoms with van der Waals surface area (Å²) in [6, 6.07) is 12.7. The number of alkyl halides is 3. The molecule has 1 N–H and O–H groups in total. The number of nitrogens with zero attached hydrogens (tertiary/aromatic N) is 5. The monoisotopic (exact) mass is 684 g/mol. The Morgan fingerprint density at radius 3 is 2.43 bits per heavy atom. The zero-order valence-electron chi connectivity index (χ0n) is 25.4. The van der Waals surface area contributed by atoms with E-state index in [2.05, 4.69) is 25.2 Å². The molecule has 47 heavy (non-hydrogen) atoms. The molecule has 0 unspecified atom stereocenters. The van der Waals surface area contributed by atoms with Gasteiger partial charge in [-0.15, -0.1) is 0 Å². The lowest BCUT2D eigenvalue weighted by Crippen LogP contribution is -2.46. The molecule has 246 valence electrons. The molecule has 2 fully saturated rings. The molecule has 8 nitrogen and oxygen atoms in total. The van der Waals surface area contributed by atoms with Crippen LogP contribution in [-0.2, 0) is 12.7 Å². The fraction of sp³-hybridized carbons (Fsp3) is 0.353. The van der Waals surface area contributed by atoms with Crippen molar-refractivity contribution in [3.05, 3.63) is 105 Å². The van der Waals surface area contributed by atoms with E-state index in [1.54, 1.807) is 6.07 Å². The minimum atomic E-state index is -4.66. The average Bonchev–Trinajstić information content (AvgIpc) is 3.56. The summed E-state index contributed by atoms with van der Waals surface area (Å²) < 4.78 is 41.3. The van der Waals surface area contributed by atoms with Gasteiger partial charge in [0.25, 0.3) is 5.91 Å². The summed E-state index contributed by atoms with van der Waals surface area (Å²) in [7, 11) is 0. The van der Waals surface area contributed by atoms with Crippen LogP contribution in [0, 0.1) is 0 Å². The van der Waals surface area contributed by atoms with Crippen molar-refractivity contribution in [3.8, 4) is 5.69 Å². The van der Waals surface area contributed by atoms with Gasteiger partial charge < -0.3 is 10.2 Å². The van der Waals surface area contributed by atoms with Crippen LogP contribution in [0.2, 0.25) is 10.0 Å². The molecule has 2 aromatic heterocycles. The predicted molar refractivity (Wildman–Crippen MR) is 174 cm³/mol. The van der Waals surface area contributed by atoms with Crippen LogP contribution in [-0.4, -0.2) is 68.5 Å². The lowest BCUT2D eigenvalue weighted by Gasteiger charge is -2.40. The Kier molecular flexibility index (Phi) is 9.98. The molecule has 0 aliphatic carbocycles. The molecule has 0 spiro atoms. The maximum Gasteiger partial charge on any atom is 0.417 e. The van der Waals surface area contributed by atoms with Crippen LogP contribution in [0.15, 0.2) is 67.1 Å². The summed E-state index contributed by atoms with van der Waals surface area (Å²) in [4.78, 5) is 36.2. The van der Waals surface area contributed by atoms with E-state index < -0.39 is 28.5 Å². The molecule has 6 rings (SSSR count). The van der Waals surface area contributed by atoms with Crippen LogP contribution in [0.25, 0.3) is 5.69 Å². The standard InChI is InChI=1S/C34H33Cl2F3N6O2/c35-25-16-28(31(46)24-18-41-45(21-24)27-7-8-30(36)29(17-27)34(37,38)39)32(40-19-25)42-33(47)23-6-4-5-22(15-23)20-43-13-9-26(10-14-43)44-11-2-1-3-12-44/h4-8,15-19,21,26H,1-3,9-14,20H2,(H,40,42,47). The predicted octanol–water partition coefficient (Wildman–Crippen LogP) is 7.53. The van der Waals surface area contributed by atoms with Crippen LogP contribution in [0.5, 0.6) is 0 Å². The first-order chi connectivity index (χ1) is 22.5. The molecule has 0 bridgehead atoms. The number of carbonyl (C=O) groups is 2. The van der Waals surface area contributed by atoms with E-state index in [0.717, 1.165) is 54.9 Å². The highest BCUT2D eigenvalue weighted by atomic mass is 35.5. The summed E-state index contributed by atoms with van der Waals surface area (Å²) in [6.45, 7) is 5.16. The first-order valence-corrected chi connectivity index (χ1v) is 16.3. The Morgan fingerprint density at radius 1 is 0.915 bits per heavy atom. The second-order valence-corrected chi connectivity index (χ2v) is 12.8. The maximum absolute atomic E-state index is 13.5. The molecular formula is C34H33Cl2F3N6O2. The molecule has 2 aliphatic heterocycles. The number of halogens is 5. The number of benzene rings is 2. The molecule has 0 radical (unpaired) electrons. The number of rotatable bonds is 8. The average molecular weight is 686 g/mol. The summed E-state index contributed by atoms with van der Waals surface area (Å²) >= 11 is 11.9.